The number of carbonyl (C=O) groups excluding carboxylic acids is 2. The Morgan fingerprint density at radius 1 is 0.935 bits per heavy atom. The van der Waals surface area contributed by atoms with Crippen molar-refractivity contribution in [3.63, 3.8) is 0 Å². The molecule has 4 aromatic rings. The third-order valence-corrected chi connectivity index (χ3v) is 6.28. The van der Waals surface area contributed by atoms with Gasteiger partial charge in [0, 0.05) is 29.1 Å². The molecule has 2 aromatic carbocycles. The van der Waals surface area contributed by atoms with E-state index in [1.54, 1.807) is 31.2 Å². The summed E-state index contributed by atoms with van der Waals surface area (Å²) in [6.07, 6.45) is 0. The molecule has 0 atom stereocenters. The van der Waals surface area contributed by atoms with Crippen molar-refractivity contribution in [2.45, 2.75) is 13.8 Å². The van der Waals surface area contributed by atoms with Crippen molar-refractivity contribution in [3.8, 4) is 21.8 Å². The van der Waals surface area contributed by atoms with Crippen LogP contribution in [0.3, 0.4) is 0 Å². The third kappa shape index (κ3) is 4.84. The van der Waals surface area contributed by atoms with Gasteiger partial charge in [0.2, 0.25) is 5.91 Å². The van der Waals surface area contributed by atoms with Gasteiger partial charge in [0.1, 0.15) is 15.7 Å². The van der Waals surface area contributed by atoms with Gasteiger partial charge in [-0.25, -0.2) is 14.4 Å². The fraction of sp³-hybridized carbons (Fsp3) is 0.0909. The molecule has 9 heteroatoms. The summed E-state index contributed by atoms with van der Waals surface area (Å²) in [6.45, 7) is 3.22. The van der Waals surface area contributed by atoms with Crippen LogP contribution in [-0.2, 0) is 4.79 Å². The van der Waals surface area contributed by atoms with Crippen molar-refractivity contribution < 1.29 is 14.0 Å². The zero-order valence-corrected chi connectivity index (χ0v) is 18.2. The minimum atomic E-state index is -0.320. The van der Waals surface area contributed by atoms with Crippen molar-refractivity contribution in [1.82, 2.24) is 9.97 Å². The summed E-state index contributed by atoms with van der Waals surface area (Å²) in [5.74, 6) is -0.739. The van der Waals surface area contributed by atoms with E-state index >= 15 is 0 Å². The Kier molecular flexibility index (Phi) is 5.88. The summed E-state index contributed by atoms with van der Waals surface area (Å²) < 4.78 is 13.1. The number of nitrogens with one attached hydrogen (secondary N) is 2. The first-order valence-corrected chi connectivity index (χ1v) is 11.0. The highest BCUT2D eigenvalue weighted by molar-refractivity contribution is 7.17. The van der Waals surface area contributed by atoms with Gasteiger partial charge in [0.25, 0.3) is 5.91 Å². The topological polar surface area (TPSA) is 84.0 Å². The van der Waals surface area contributed by atoms with E-state index in [1.165, 1.54) is 41.7 Å². The van der Waals surface area contributed by atoms with Crippen LogP contribution in [0.4, 0.5) is 15.2 Å². The van der Waals surface area contributed by atoms with E-state index in [1.807, 2.05) is 17.5 Å². The average Bonchev–Trinajstić information content (AvgIpc) is 3.35. The number of halogens is 1. The molecular formula is C22H17FN4O2S2. The van der Waals surface area contributed by atoms with Gasteiger partial charge in [0.15, 0.2) is 5.13 Å². The van der Waals surface area contributed by atoms with Gasteiger partial charge >= 0.3 is 0 Å². The molecule has 0 aliphatic rings. The lowest BCUT2D eigenvalue weighted by molar-refractivity contribution is -0.114. The highest BCUT2D eigenvalue weighted by atomic mass is 32.1. The summed E-state index contributed by atoms with van der Waals surface area (Å²) in [7, 11) is 0. The first-order chi connectivity index (χ1) is 14.9. The third-order valence-electron chi connectivity index (χ3n) is 4.32. The zero-order valence-electron chi connectivity index (χ0n) is 16.6. The van der Waals surface area contributed by atoms with Gasteiger partial charge < -0.3 is 5.32 Å². The molecule has 6 nitrogen and oxygen atoms in total. The average molecular weight is 453 g/mol. The molecule has 156 valence electrons. The normalized spacial score (nSPS) is 10.7. The van der Waals surface area contributed by atoms with Crippen LogP contribution in [0.15, 0.2) is 53.9 Å². The molecule has 0 bridgehead atoms. The molecule has 0 spiro atoms. The molecule has 4 rings (SSSR count). The van der Waals surface area contributed by atoms with Crippen LogP contribution in [0, 0.1) is 12.7 Å². The molecule has 0 radical (unpaired) electrons. The fourth-order valence-electron chi connectivity index (χ4n) is 2.87. The van der Waals surface area contributed by atoms with Gasteiger partial charge in [-0.2, -0.15) is 0 Å². The number of hydrogen-bond donors (Lipinski definition) is 2. The number of nitrogens with zero attached hydrogens (tertiary/aromatic N) is 2. The monoisotopic (exact) mass is 452 g/mol. The van der Waals surface area contributed by atoms with E-state index in [-0.39, 0.29) is 17.6 Å². The second kappa shape index (κ2) is 8.75. The summed E-state index contributed by atoms with van der Waals surface area (Å²) in [6, 6.07) is 13.3. The molecule has 0 aliphatic heterocycles. The molecule has 0 aliphatic carbocycles. The summed E-state index contributed by atoms with van der Waals surface area (Å²) in [4.78, 5) is 33.3. The minimum Gasteiger partial charge on any atom is -0.326 e. The van der Waals surface area contributed by atoms with Crippen LogP contribution in [-0.4, -0.2) is 21.8 Å². The van der Waals surface area contributed by atoms with Gasteiger partial charge in [-0.3, -0.25) is 14.9 Å². The minimum absolute atomic E-state index is 0.132. The Bertz CT molecular complexity index is 1250. The SMILES string of the molecule is CC(=O)Nc1ccc(-c2csc(NC(=O)c3sc(-c4ccc(F)cc4)nc3C)n2)cc1. The molecule has 0 saturated carbocycles. The van der Waals surface area contributed by atoms with Crippen molar-refractivity contribution in [2.24, 2.45) is 0 Å². The standard InChI is InChI=1S/C22H17FN4O2S2/c1-12-19(31-21(24-12)15-3-7-16(23)8-4-15)20(29)27-22-26-18(11-30-22)14-5-9-17(10-6-14)25-13(2)28/h3-11H,1-2H3,(H,25,28)(H,26,27,29). The van der Waals surface area contributed by atoms with Crippen LogP contribution < -0.4 is 10.6 Å². The Labute approximate surface area is 185 Å². The van der Waals surface area contributed by atoms with Crippen molar-refractivity contribution >= 4 is 45.3 Å². The number of aryl methyl sites for hydroxylation is 1. The van der Waals surface area contributed by atoms with Gasteiger partial charge in [-0.15, -0.1) is 22.7 Å². The van der Waals surface area contributed by atoms with E-state index in [9.17, 15) is 14.0 Å². The number of carbonyl (C=O) groups is 2. The van der Waals surface area contributed by atoms with Crippen LogP contribution in [0.25, 0.3) is 21.8 Å². The summed E-state index contributed by atoms with van der Waals surface area (Å²) in [5, 5.41) is 8.52. The summed E-state index contributed by atoms with van der Waals surface area (Å²) in [5.41, 5.74) is 3.67. The Morgan fingerprint density at radius 2 is 1.61 bits per heavy atom. The number of thiazole rings is 2. The predicted molar refractivity (Wildman–Crippen MR) is 122 cm³/mol. The molecule has 0 unspecified atom stereocenters. The van der Waals surface area contributed by atoms with Crippen LogP contribution in [0.5, 0.6) is 0 Å². The predicted octanol–water partition coefficient (Wildman–Crippen LogP) is 5.59. The van der Waals surface area contributed by atoms with Gasteiger partial charge in [-0.1, -0.05) is 12.1 Å². The van der Waals surface area contributed by atoms with Crippen LogP contribution in [0.2, 0.25) is 0 Å². The Morgan fingerprint density at radius 3 is 2.29 bits per heavy atom. The molecule has 0 fully saturated rings. The van der Waals surface area contributed by atoms with Crippen molar-refractivity contribution in [3.05, 3.63) is 70.3 Å². The maximum absolute atomic E-state index is 13.1. The number of aromatic nitrogens is 2. The lowest BCUT2D eigenvalue weighted by Gasteiger charge is -2.03. The second-order valence-corrected chi connectivity index (χ2v) is 8.55. The Hall–Kier alpha value is -3.43. The van der Waals surface area contributed by atoms with Crippen molar-refractivity contribution in [1.29, 1.82) is 0 Å². The first-order valence-electron chi connectivity index (χ1n) is 9.27. The summed E-state index contributed by atoms with van der Waals surface area (Å²) >= 11 is 2.57. The van der Waals surface area contributed by atoms with Crippen molar-refractivity contribution in [2.75, 3.05) is 10.6 Å². The molecule has 31 heavy (non-hydrogen) atoms. The van der Waals surface area contributed by atoms with Gasteiger partial charge in [0.05, 0.1) is 11.4 Å². The fourth-order valence-corrected chi connectivity index (χ4v) is 4.55. The van der Waals surface area contributed by atoms with E-state index in [0.29, 0.717) is 26.4 Å². The lowest BCUT2D eigenvalue weighted by Crippen LogP contribution is -2.11. The van der Waals surface area contributed by atoms with E-state index in [4.69, 9.17) is 0 Å². The lowest BCUT2D eigenvalue weighted by atomic mass is 10.1. The second-order valence-electron chi connectivity index (χ2n) is 6.69. The molecular weight excluding hydrogens is 435 g/mol. The molecule has 2 heterocycles. The van der Waals surface area contributed by atoms with Gasteiger partial charge in [-0.05, 0) is 43.3 Å². The Balaban J connectivity index is 1.48. The molecule has 0 saturated heterocycles. The number of anilines is 2. The molecule has 2 aromatic heterocycles. The smallest absolute Gasteiger partial charge is 0.269 e. The number of hydrogen-bond acceptors (Lipinski definition) is 6. The van der Waals surface area contributed by atoms with E-state index in [0.717, 1.165) is 16.8 Å². The largest absolute Gasteiger partial charge is 0.326 e. The number of amides is 2. The number of rotatable bonds is 5. The first kappa shape index (κ1) is 20.8. The maximum Gasteiger partial charge on any atom is 0.269 e. The molecule has 2 N–H and O–H groups in total. The van der Waals surface area contributed by atoms with E-state index in [2.05, 4.69) is 20.6 Å². The zero-order chi connectivity index (χ0) is 22.0. The van der Waals surface area contributed by atoms with E-state index < -0.39 is 0 Å². The van der Waals surface area contributed by atoms with Crippen LogP contribution in [0.1, 0.15) is 22.3 Å². The maximum atomic E-state index is 13.1. The highest BCUT2D eigenvalue weighted by Gasteiger charge is 2.18. The van der Waals surface area contributed by atoms with Crippen LogP contribution >= 0.6 is 22.7 Å². The highest BCUT2D eigenvalue weighted by Crippen LogP contribution is 2.30. The number of benzene rings is 2. The molecule has 2 amide bonds. The quantitative estimate of drug-likeness (QED) is 0.413.